The molecule has 2 aromatic rings. The monoisotopic (exact) mass is 328 g/mol. The number of benzene rings is 1. The zero-order chi connectivity index (χ0) is 16.4. The molecule has 3 rings (SSSR count). The summed E-state index contributed by atoms with van der Waals surface area (Å²) in [6.07, 6.45) is 3.54. The van der Waals surface area contributed by atoms with Gasteiger partial charge in [-0.25, -0.2) is 10.4 Å². The van der Waals surface area contributed by atoms with Crippen molar-refractivity contribution >= 4 is 22.4 Å². The summed E-state index contributed by atoms with van der Waals surface area (Å²) in [7, 11) is 1.87. The highest BCUT2D eigenvalue weighted by Crippen LogP contribution is 2.36. The summed E-state index contributed by atoms with van der Waals surface area (Å²) >= 11 is 1.60. The Morgan fingerprint density at radius 1 is 1.30 bits per heavy atom. The average Bonchev–Trinajstić information content (AvgIpc) is 3.00. The first-order valence-corrected chi connectivity index (χ1v) is 8.43. The maximum Gasteiger partial charge on any atom is 0.260 e. The largest absolute Gasteiger partial charge is 0.365 e. The van der Waals surface area contributed by atoms with E-state index >= 15 is 0 Å². The molecule has 1 atom stereocenters. The first-order valence-electron chi connectivity index (χ1n) is 7.61. The average molecular weight is 328 g/mol. The fraction of sp³-hybridized carbons (Fsp3) is 0.294. The van der Waals surface area contributed by atoms with Gasteiger partial charge in [-0.15, -0.1) is 0 Å². The summed E-state index contributed by atoms with van der Waals surface area (Å²) in [6.45, 7) is 3.98. The Kier molecular flexibility index (Phi) is 4.45. The first-order chi connectivity index (χ1) is 11.1. The van der Waals surface area contributed by atoms with Gasteiger partial charge in [0, 0.05) is 24.7 Å². The van der Waals surface area contributed by atoms with Crippen molar-refractivity contribution in [3.05, 3.63) is 47.4 Å². The van der Waals surface area contributed by atoms with Crippen LogP contribution in [0.25, 0.3) is 11.3 Å². The molecule has 1 unspecified atom stereocenters. The van der Waals surface area contributed by atoms with Gasteiger partial charge < -0.3 is 5.32 Å². The SMILES string of the molecule is CNc1nc(-c2ccccc2)c(C2C=CC(=O)N(C(C)C)N2)s1. The van der Waals surface area contributed by atoms with Crippen LogP contribution in [0.3, 0.4) is 0 Å². The van der Waals surface area contributed by atoms with Crippen LogP contribution < -0.4 is 10.7 Å². The second-order valence-electron chi connectivity index (χ2n) is 5.62. The van der Waals surface area contributed by atoms with E-state index in [9.17, 15) is 4.79 Å². The Labute approximate surface area is 140 Å². The van der Waals surface area contributed by atoms with Crippen molar-refractivity contribution in [2.45, 2.75) is 25.9 Å². The summed E-state index contributed by atoms with van der Waals surface area (Å²) in [5, 5.41) is 5.64. The van der Waals surface area contributed by atoms with E-state index in [4.69, 9.17) is 4.98 Å². The third kappa shape index (κ3) is 3.13. The van der Waals surface area contributed by atoms with Crippen molar-refractivity contribution < 1.29 is 4.79 Å². The topological polar surface area (TPSA) is 57.3 Å². The number of nitrogens with one attached hydrogen (secondary N) is 2. The predicted molar refractivity (Wildman–Crippen MR) is 94.1 cm³/mol. The predicted octanol–water partition coefficient (Wildman–Crippen LogP) is 3.20. The van der Waals surface area contributed by atoms with Gasteiger partial charge in [-0.3, -0.25) is 9.80 Å². The Morgan fingerprint density at radius 2 is 2.04 bits per heavy atom. The highest BCUT2D eigenvalue weighted by atomic mass is 32.1. The molecule has 0 bridgehead atoms. The van der Waals surface area contributed by atoms with Crippen LogP contribution in [-0.2, 0) is 4.79 Å². The van der Waals surface area contributed by atoms with E-state index in [2.05, 4.69) is 22.9 Å². The van der Waals surface area contributed by atoms with Crippen molar-refractivity contribution in [2.24, 2.45) is 0 Å². The van der Waals surface area contributed by atoms with Gasteiger partial charge in [-0.2, -0.15) is 0 Å². The van der Waals surface area contributed by atoms with Gasteiger partial charge in [0.05, 0.1) is 16.6 Å². The van der Waals surface area contributed by atoms with Crippen molar-refractivity contribution in [3.8, 4) is 11.3 Å². The number of aromatic nitrogens is 1. The fourth-order valence-corrected chi connectivity index (χ4v) is 3.48. The van der Waals surface area contributed by atoms with E-state index in [0.29, 0.717) is 0 Å². The summed E-state index contributed by atoms with van der Waals surface area (Å²) < 4.78 is 0. The van der Waals surface area contributed by atoms with Crippen LogP contribution in [-0.4, -0.2) is 29.0 Å². The van der Waals surface area contributed by atoms with Crippen molar-refractivity contribution in [1.82, 2.24) is 15.4 Å². The standard InChI is InChI=1S/C17H20N4OS/c1-11(2)21-14(22)10-9-13(20-21)16-15(19-17(18-3)23-16)12-7-5-4-6-8-12/h4-11,13,20H,1-3H3,(H,18,19). The quantitative estimate of drug-likeness (QED) is 0.905. The second kappa shape index (κ2) is 6.52. The lowest BCUT2D eigenvalue weighted by Crippen LogP contribution is -2.49. The minimum absolute atomic E-state index is 0.0177. The van der Waals surface area contributed by atoms with Crippen molar-refractivity contribution in [2.75, 3.05) is 12.4 Å². The molecule has 6 heteroatoms. The number of hydrogen-bond acceptors (Lipinski definition) is 5. The van der Waals surface area contributed by atoms with Crippen LogP contribution in [0.1, 0.15) is 24.8 Å². The van der Waals surface area contributed by atoms with Crippen molar-refractivity contribution in [3.63, 3.8) is 0 Å². The molecule has 1 aromatic carbocycles. The number of hydrogen-bond donors (Lipinski definition) is 2. The Bertz CT molecular complexity index is 723. The Balaban J connectivity index is 2.01. The van der Waals surface area contributed by atoms with Crippen LogP contribution >= 0.6 is 11.3 Å². The van der Waals surface area contributed by atoms with Crippen LogP contribution in [0, 0.1) is 0 Å². The van der Waals surface area contributed by atoms with E-state index < -0.39 is 0 Å². The van der Waals surface area contributed by atoms with E-state index in [0.717, 1.165) is 21.3 Å². The summed E-state index contributed by atoms with van der Waals surface area (Å²) in [4.78, 5) is 17.8. The lowest BCUT2D eigenvalue weighted by molar-refractivity contribution is -0.132. The van der Waals surface area contributed by atoms with E-state index in [1.54, 1.807) is 22.4 Å². The van der Waals surface area contributed by atoms with E-state index in [-0.39, 0.29) is 18.0 Å². The second-order valence-corrected chi connectivity index (χ2v) is 6.65. The molecule has 120 valence electrons. The maximum absolute atomic E-state index is 12.0. The highest BCUT2D eigenvalue weighted by molar-refractivity contribution is 7.16. The third-order valence-corrected chi connectivity index (χ3v) is 4.82. The number of carbonyl (C=O) groups excluding carboxylic acids is 1. The third-order valence-electron chi connectivity index (χ3n) is 3.66. The first kappa shape index (κ1) is 15.7. The number of amides is 1. The lowest BCUT2D eigenvalue weighted by atomic mass is 10.1. The Morgan fingerprint density at radius 3 is 2.70 bits per heavy atom. The number of nitrogens with zero attached hydrogens (tertiary/aromatic N) is 2. The Hall–Kier alpha value is -2.18. The molecule has 0 fully saturated rings. The summed E-state index contributed by atoms with van der Waals surface area (Å²) in [5.74, 6) is -0.0177. The normalized spacial score (nSPS) is 17.8. The van der Waals surface area contributed by atoms with Crippen LogP contribution in [0.5, 0.6) is 0 Å². The molecule has 23 heavy (non-hydrogen) atoms. The molecule has 1 aliphatic rings. The van der Waals surface area contributed by atoms with Gasteiger partial charge >= 0.3 is 0 Å². The number of anilines is 1. The fourth-order valence-electron chi connectivity index (χ4n) is 2.52. The molecule has 0 aliphatic carbocycles. The van der Waals surface area contributed by atoms with Gasteiger partial charge in [0.2, 0.25) is 0 Å². The highest BCUT2D eigenvalue weighted by Gasteiger charge is 2.27. The van der Waals surface area contributed by atoms with Crippen LogP contribution in [0.15, 0.2) is 42.5 Å². The van der Waals surface area contributed by atoms with E-state index in [1.807, 2.05) is 45.2 Å². The van der Waals surface area contributed by atoms with Gasteiger partial charge in [0.25, 0.3) is 5.91 Å². The molecule has 1 aromatic heterocycles. The molecule has 0 spiro atoms. The summed E-state index contributed by atoms with van der Waals surface area (Å²) in [6, 6.07) is 10.1. The molecule has 0 saturated carbocycles. The van der Waals surface area contributed by atoms with Crippen LogP contribution in [0.4, 0.5) is 5.13 Å². The minimum atomic E-state index is -0.0649. The lowest BCUT2D eigenvalue weighted by Gasteiger charge is -2.32. The molecule has 0 saturated heterocycles. The zero-order valence-corrected chi connectivity index (χ0v) is 14.2. The smallest absolute Gasteiger partial charge is 0.260 e. The maximum atomic E-state index is 12.0. The number of hydrazine groups is 1. The molecule has 0 radical (unpaired) electrons. The molecular weight excluding hydrogens is 308 g/mol. The number of thiazole rings is 1. The molecule has 2 N–H and O–H groups in total. The van der Waals surface area contributed by atoms with Gasteiger partial charge in [0.15, 0.2) is 5.13 Å². The number of carbonyl (C=O) groups is 1. The molecular formula is C17H20N4OS. The van der Waals surface area contributed by atoms with Gasteiger partial charge in [0.1, 0.15) is 0 Å². The van der Waals surface area contributed by atoms with Gasteiger partial charge in [-0.05, 0) is 13.8 Å². The zero-order valence-electron chi connectivity index (χ0n) is 13.4. The van der Waals surface area contributed by atoms with Crippen molar-refractivity contribution in [1.29, 1.82) is 0 Å². The summed E-state index contributed by atoms with van der Waals surface area (Å²) in [5.41, 5.74) is 5.32. The van der Waals surface area contributed by atoms with E-state index in [1.165, 1.54) is 0 Å². The molecule has 1 amide bonds. The molecule has 5 nitrogen and oxygen atoms in total. The molecule has 2 heterocycles. The number of rotatable bonds is 4. The molecule has 1 aliphatic heterocycles. The van der Waals surface area contributed by atoms with Gasteiger partial charge in [-0.1, -0.05) is 47.7 Å². The van der Waals surface area contributed by atoms with Crippen LogP contribution in [0.2, 0.25) is 0 Å². The minimum Gasteiger partial charge on any atom is -0.365 e.